The highest BCUT2D eigenvalue weighted by molar-refractivity contribution is 6.00. The first-order chi connectivity index (χ1) is 46.2. The van der Waals surface area contributed by atoms with Crippen molar-refractivity contribution in [2.45, 2.75) is 205 Å². The minimum absolute atomic E-state index is 0.0933. The van der Waals surface area contributed by atoms with E-state index < -0.39 is 211 Å². The van der Waals surface area contributed by atoms with E-state index in [2.05, 4.69) is 53.2 Å². The lowest BCUT2D eigenvalue weighted by molar-refractivity contribution is -0.168. The third-order valence-electron chi connectivity index (χ3n) is 17.1. The number of rotatable bonds is 27. The number of hydrogen-bond donors (Lipinski definition) is 17. The van der Waals surface area contributed by atoms with Crippen molar-refractivity contribution in [3.8, 4) is 5.75 Å². The van der Waals surface area contributed by atoms with Gasteiger partial charge < -0.3 is 109 Å². The van der Waals surface area contributed by atoms with E-state index >= 15 is 19.2 Å². The number of nitrogens with zero attached hydrogens (tertiary/aromatic N) is 1. The van der Waals surface area contributed by atoms with Crippen LogP contribution in [0.3, 0.4) is 0 Å². The summed E-state index contributed by atoms with van der Waals surface area (Å²) in [4.78, 5) is 185. The lowest BCUT2D eigenvalue weighted by Crippen LogP contribution is -2.66. The summed E-state index contributed by atoms with van der Waals surface area (Å²) in [5.74, 6) is -18.2. The van der Waals surface area contributed by atoms with Crippen LogP contribution in [0.1, 0.15) is 120 Å². The number of carbonyl (C=O) groups is 13. The van der Waals surface area contributed by atoms with Crippen LogP contribution in [0.2, 0.25) is 0 Å². The Morgan fingerprint density at radius 3 is 1.96 bits per heavy atom. The van der Waals surface area contributed by atoms with Gasteiger partial charge in [-0.15, -0.1) is 0 Å². The fourth-order valence-electron chi connectivity index (χ4n) is 10.6. The van der Waals surface area contributed by atoms with Gasteiger partial charge in [0, 0.05) is 32.7 Å². The summed E-state index contributed by atoms with van der Waals surface area (Å²) in [6, 6.07) is -12.1. The van der Waals surface area contributed by atoms with Gasteiger partial charge in [-0.25, -0.2) is 4.79 Å². The van der Waals surface area contributed by atoms with Gasteiger partial charge in [-0.3, -0.25) is 57.5 Å². The quantitative estimate of drug-likeness (QED) is 0.0291. The molecule has 0 spiro atoms. The number of allylic oxidation sites excluding steroid dienone is 3. The first-order valence-corrected chi connectivity index (χ1v) is 32.7. The molecule has 2 fully saturated rings. The molecule has 99 heavy (non-hydrogen) atoms. The molecule has 0 bridgehead atoms. The normalized spacial score (nSPS) is 24.5. The molecule has 2 aliphatic rings. The van der Waals surface area contributed by atoms with Crippen LogP contribution in [0.4, 0.5) is 0 Å². The Bertz CT molecular complexity index is 3070. The number of amides is 12. The number of piperidine rings is 1. The molecule has 34 heteroatoms. The lowest BCUT2D eigenvalue weighted by Gasteiger charge is -2.40. The van der Waals surface area contributed by atoms with E-state index in [1.807, 2.05) is 19.9 Å². The summed E-state index contributed by atoms with van der Waals surface area (Å²) < 4.78 is 17.3. The van der Waals surface area contributed by atoms with Crippen molar-refractivity contribution in [2.75, 3.05) is 40.5 Å². The maximum absolute atomic E-state index is 15.3. The molecule has 2 saturated heterocycles. The van der Waals surface area contributed by atoms with E-state index in [1.54, 1.807) is 6.92 Å². The molecule has 0 aromatic heterocycles. The number of nitrogens with one attached hydrogen (secondary N) is 10. The molecule has 2 aliphatic heterocycles. The minimum Gasteiger partial charge on any atom is -0.508 e. The number of phenols is 1. The van der Waals surface area contributed by atoms with Crippen LogP contribution in [0, 0.1) is 23.7 Å². The maximum Gasteiger partial charge on any atom is 0.329 e. The van der Waals surface area contributed by atoms with Gasteiger partial charge in [0.05, 0.1) is 31.9 Å². The van der Waals surface area contributed by atoms with Gasteiger partial charge >= 0.3 is 5.97 Å². The average Bonchev–Trinajstić information content (AvgIpc) is 0.800. The van der Waals surface area contributed by atoms with Crippen LogP contribution >= 0.6 is 0 Å². The Labute approximate surface area is 575 Å². The molecule has 34 nitrogen and oxygen atoms in total. The standard InChI is InChI=1S/C65H103N13O21/c1-15-31(4)26-32(5)19-24-43(82)65(12,96)64(95)69-28-45(84)72-48(37(10)79)59(90)74-47(35(8)66)58(89)73-46(33(6)34(7)54(67)85)57(88)76-50-52(30(2)3)99-63(94)42-18-16-17-25-78(42)62(93)51(53(98-14)39-20-22-40(81)23-21-39)77-60(91)49(38(11)80)75-55(86)36(9)70-44(83)27-68-56(87)41(29-97-13)71-61(50)92/h19-24,26,30-31,33-38,41-43,46-53,79-82,96H,15-18,25,27-29,66H2,1-14H3,(H2,67,85)(H,68,87)(H,69,95)(H,70,83)(H,71,92)(H,72,84)(H,73,89)(H,74,90)(H,75,86)(H,76,88)(H,77,91)/b24-19-,32-26+/t31?,33-,34+,35+,36-,37+,38+,41+,42-,43?,46-,47-,48-,49?,50+,51+,52+,53+,65?/m0/s1. The van der Waals surface area contributed by atoms with Crippen LogP contribution in [0.25, 0.3) is 0 Å². The second kappa shape index (κ2) is 39.2. The smallest absolute Gasteiger partial charge is 0.329 e. The molecule has 554 valence electrons. The van der Waals surface area contributed by atoms with Crippen molar-refractivity contribution in [3.63, 3.8) is 0 Å². The average molecular weight is 1400 g/mol. The zero-order valence-corrected chi connectivity index (χ0v) is 58.5. The summed E-state index contributed by atoms with van der Waals surface area (Å²) in [6.45, 7) is 14.5. The fourth-order valence-corrected chi connectivity index (χ4v) is 10.6. The van der Waals surface area contributed by atoms with Crippen LogP contribution in [0.5, 0.6) is 5.75 Å². The number of fused-ring (bicyclic) bond motifs is 1. The number of nitrogens with two attached hydrogens (primary N) is 2. The highest BCUT2D eigenvalue weighted by atomic mass is 16.5. The third-order valence-corrected chi connectivity index (χ3v) is 17.1. The van der Waals surface area contributed by atoms with E-state index in [4.69, 9.17) is 25.7 Å². The molecule has 19 atom stereocenters. The number of methoxy groups -OCH3 is 2. The topological polar surface area (TPSA) is 526 Å². The number of carbonyl (C=O) groups excluding carboxylic acids is 13. The Kier molecular flexibility index (Phi) is 33.5. The lowest BCUT2D eigenvalue weighted by atomic mass is 9.87. The Hall–Kier alpha value is -8.67. The highest BCUT2D eigenvalue weighted by Crippen LogP contribution is 2.29. The van der Waals surface area contributed by atoms with E-state index in [0.717, 1.165) is 44.8 Å². The molecular weight excluding hydrogens is 1300 g/mol. The molecule has 2 heterocycles. The zero-order valence-electron chi connectivity index (χ0n) is 58.5. The molecule has 3 rings (SSSR count). The third kappa shape index (κ3) is 24.6. The van der Waals surface area contributed by atoms with Gasteiger partial charge in [-0.2, -0.15) is 0 Å². The van der Waals surface area contributed by atoms with Crippen LogP contribution < -0.4 is 64.6 Å². The number of primary amides is 1. The number of aliphatic hydroxyl groups excluding tert-OH is 3. The Morgan fingerprint density at radius 2 is 1.40 bits per heavy atom. The van der Waals surface area contributed by atoms with Crippen LogP contribution in [0.15, 0.2) is 48.1 Å². The van der Waals surface area contributed by atoms with E-state index in [0.29, 0.717) is 6.42 Å². The Morgan fingerprint density at radius 1 is 0.798 bits per heavy atom. The predicted octanol–water partition coefficient (Wildman–Crippen LogP) is -4.65. The van der Waals surface area contributed by atoms with Crippen molar-refractivity contribution < 1.29 is 102 Å². The molecule has 12 amide bonds. The number of phenolic OH excluding ortho intramolecular Hbond substituents is 1. The Balaban J connectivity index is 2.17. The fraction of sp³-hybridized carbons (Fsp3) is 0.646. The molecular formula is C65H103N13O21. The number of hydrogen-bond acceptors (Lipinski definition) is 22. The van der Waals surface area contributed by atoms with Crippen LogP contribution in [-0.4, -0.2) is 238 Å². The molecule has 0 aliphatic carbocycles. The van der Waals surface area contributed by atoms with Crippen molar-refractivity contribution >= 4 is 76.9 Å². The second-order valence-electron chi connectivity index (χ2n) is 25.8. The van der Waals surface area contributed by atoms with Gasteiger partial charge in [-0.1, -0.05) is 83.9 Å². The summed E-state index contributed by atoms with van der Waals surface area (Å²) in [7, 11) is 2.36. The maximum atomic E-state index is 15.3. The number of esters is 1. The highest BCUT2D eigenvalue weighted by Gasteiger charge is 2.47. The number of ether oxygens (including phenoxy) is 3. The molecule has 1 aromatic rings. The van der Waals surface area contributed by atoms with E-state index in [9.17, 15) is 68.7 Å². The summed E-state index contributed by atoms with van der Waals surface area (Å²) >= 11 is 0. The van der Waals surface area contributed by atoms with Crippen molar-refractivity contribution in [2.24, 2.45) is 35.1 Å². The van der Waals surface area contributed by atoms with Crippen molar-refractivity contribution in [3.05, 3.63) is 53.6 Å². The SMILES string of the molecule is CCC(C)/C=C(C)/C=C\C(O)C(C)(O)C(=O)NCC(=O)N[C@H](C(=O)N[C@H](C(=O)N[C@H](C(=O)N[C@H]1C(=O)N[C@H](COC)C(=O)NCC(=O)N[C@@H](C)C(=O)NC([C@@H](C)O)C(=O)N[C@H]([C@H](OC)c2ccc(O)cc2)C(=O)N2CCCC[C@H]2C(=O)O[C@@H]1C(C)C)[C@@H](C)[C@@H](C)C(N)=O)[C@@H](C)N)[C@@H](C)O. The van der Waals surface area contributed by atoms with Gasteiger partial charge in [0.1, 0.15) is 78.4 Å². The van der Waals surface area contributed by atoms with Crippen LogP contribution in [-0.2, 0) is 76.5 Å². The molecule has 0 saturated carbocycles. The minimum atomic E-state index is -2.46. The predicted molar refractivity (Wildman–Crippen MR) is 354 cm³/mol. The van der Waals surface area contributed by atoms with Gasteiger partial charge in [0.15, 0.2) is 5.60 Å². The van der Waals surface area contributed by atoms with Gasteiger partial charge in [0.25, 0.3) is 5.91 Å². The zero-order chi connectivity index (χ0) is 75.1. The molecule has 4 unspecified atom stereocenters. The monoisotopic (exact) mass is 1400 g/mol. The number of aromatic hydroxyl groups is 1. The molecule has 19 N–H and O–H groups in total. The number of benzene rings is 1. The molecule has 0 radical (unpaired) electrons. The first kappa shape index (κ1) is 84.6. The largest absolute Gasteiger partial charge is 0.508 e. The first-order valence-electron chi connectivity index (χ1n) is 32.7. The van der Waals surface area contributed by atoms with Crippen molar-refractivity contribution in [1.82, 2.24) is 58.1 Å². The van der Waals surface area contributed by atoms with Gasteiger partial charge in [0.2, 0.25) is 65.0 Å². The molecule has 1 aromatic carbocycles. The van der Waals surface area contributed by atoms with E-state index in [-0.39, 0.29) is 36.6 Å². The summed E-state index contributed by atoms with van der Waals surface area (Å²) in [5.41, 5.74) is 10.5. The number of aliphatic hydroxyl groups is 4. The second-order valence-corrected chi connectivity index (χ2v) is 25.8. The van der Waals surface area contributed by atoms with Crippen molar-refractivity contribution in [1.29, 1.82) is 0 Å². The van der Waals surface area contributed by atoms with E-state index in [1.165, 1.54) is 85.1 Å². The summed E-state index contributed by atoms with van der Waals surface area (Å²) in [5, 5.41) is 77.1. The van der Waals surface area contributed by atoms with Gasteiger partial charge in [-0.05, 0) is 96.3 Å². The summed E-state index contributed by atoms with van der Waals surface area (Å²) in [6.07, 6.45) is -2.34. The number of cyclic esters (lactones) is 1.